The molecule has 0 fully saturated rings. The van der Waals surface area contributed by atoms with E-state index in [0.717, 1.165) is 22.4 Å². The molecule has 0 bridgehead atoms. The molecule has 0 radical (unpaired) electrons. The van der Waals surface area contributed by atoms with Gasteiger partial charge in [-0.25, -0.2) is 4.79 Å². The smallest absolute Gasteiger partial charge is 0.431 e. The number of ether oxygens (including phenoxy) is 4. The summed E-state index contributed by atoms with van der Waals surface area (Å²) in [5.74, 6) is 5.58. The van der Waals surface area contributed by atoms with E-state index in [2.05, 4.69) is 22.5 Å². The van der Waals surface area contributed by atoms with E-state index in [9.17, 15) is 19.2 Å². The van der Waals surface area contributed by atoms with Crippen molar-refractivity contribution in [3.63, 3.8) is 0 Å². The highest BCUT2D eigenvalue weighted by Crippen LogP contribution is 2.26. The Bertz CT molecular complexity index is 1400. The summed E-state index contributed by atoms with van der Waals surface area (Å²) in [7, 11) is 0. The number of carbonyl (C=O) groups excluding carboxylic acids is 4. The fourth-order valence-corrected chi connectivity index (χ4v) is 4.23. The molecule has 1 aliphatic heterocycles. The topological polar surface area (TPSA) is 154 Å². The van der Waals surface area contributed by atoms with Gasteiger partial charge in [0.25, 0.3) is 0 Å². The van der Waals surface area contributed by atoms with Crippen molar-refractivity contribution < 1.29 is 43.0 Å². The van der Waals surface area contributed by atoms with Crippen molar-refractivity contribution in [2.75, 3.05) is 64.2 Å². The van der Waals surface area contributed by atoms with Crippen LogP contribution < -0.4 is 21.0 Å². The highest BCUT2D eigenvalue weighted by Gasteiger charge is 2.22. The first-order chi connectivity index (χ1) is 22.6. The molecule has 0 atom stereocenters. The third-order valence-electron chi connectivity index (χ3n) is 6.38. The van der Waals surface area contributed by atoms with Crippen molar-refractivity contribution >= 4 is 41.9 Å². The van der Waals surface area contributed by atoms with E-state index >= 15 is 0 Å². The molecule has 2 aromatic rings. The number of nitrogens with zero attached hydrogens (tertiary/aromatic N) is 1. The number of hydrogen-bond donors (Lipinski definition) is 3. The zero-order chi connectivity index (χ0) is 33.9. The Morgan fingerprint density at radius 2 is 1.31 bits per heavy atom. The van der Waals surface area contributed by atoms with Gasteiger partial charge >= 0.3 is 6.09 Å². The highest BCUT2D eigenvalue weighted by atomic mass is 35.5. The van der Waals surface area contributed by atoms with Crippen LogP contribution in [0.5, 0.6) is 0 Å². The molecule has 13 nitrogen and oxygen atoms in total. The second kappa shape index (κ2) is 21.6. The van der Waals surface area contributed by atoms with E-state index < -0.39 is 17.6 Å². The number of para-hydroxylation sites is 1. The molecule has 3 N–H and O–H groups in total. The monoisotopic (exact) mass is 688 g/mol. The molecule has 1 aliphatic rings. The molecule has 262 valence electrons. The predicted octanol–water partition coefficient (Wildman–Crippen LogP) is 2.87. The van der Waals surface area contributed by atoms with Crippen molar-refractivity contribution in [1.29, 1.82) is 0 Å². The number of halogens is 1. The fourth-order valence-electron chi connectivity index (χ4n) is 4.23. The van der Waals surface area contributed by atoms with E-state index in [1.807, 2.05) is 54.0 Å². The fraction of sp³-hybridized carbons (Fsp3) is 0.471. The second-order valence-corrected chi connectivity index (χ2v) is 11.3. The Morgan fingerprint density at radius 3 is 1.98 bits per heavy atom. The van der Waals surface area contributed by atoms with Crippen LogP contribution in [-0.2, 0) is 44.7 Å². The van der Waals surface area contributed by atoms with E-state index in [4.69, 9.17) is 23.8 Å². The zero-order valence-electron chi connectivity index (χ0n) is 27.6. The zero-order valence-corrected chi connectivity index (χ0v) is 28.5. The van der Waals surface area contributed by atoms with E-state index in [-0.39, 0.29) is 56.8 Å². The van der Waals surface area contributed by atoms with Gasteiger partial charge in [-0.15, -0.1) is 12.4 Å². The number of rotatable bonds is 18. The maximum Gasteiger partial charge on any atom is 0.431 e. The second-order valence-electron chi connectivity index (χ2n) is 11.3. The number of carbonyl (C=O) groups is 4. The molecule has 3 rings (SSSR count). The number of fused-ring (bicyclic) bond motifs is 2. The molecule has 4 amide bonds. The predicted molar refractivity (Wildman–Crippen MR) is 180 cm³/mol. The molecule has 0 unspecified atom stereocenters. The maximum absolute atomic E-state index is 13.2. The SMILES string of the molecule is CC(C)(C)OC(=O)NOCC(=O)NCCOCCOCCOCCNC(=O)CCC(=O)N1Cc2ccccc2C#Cc2ccccc21.Cl. The average molecular weight is 689 g/mol. The minimum atomic E-state index is -0.777. The van der Waals surface area contributed by atoms with Gasteiger partial charge in [0, 0.05) is 37.1 Å². The number of anilines is 1. The Balaban J connectivity index is 0.00000800. The van der Waals surface area contributed by atoms with Crippen LogP contribution in [0.2, 0.25) is 0 Å². The lowest BCUT2D eigenvalue weighted by Crippen LogP contribution is -2.37. The lowest BCUT2D eigenvalue weighted by molar-refractivity contribution is -0.128. The van der Waals surface area contributed by atoms with Crippen molar-refractivity contribution in [3.05, 3.63) is 65.2 Å². The Morgan fingerprint density at radius 1 is 0.750 bits per heavy atom. The molecular weight excluding hydrogens is 644 g/mol. The minimum absolute atomic E-state index is 0. The first-order valence-electron chi connectivity index (χ1n) is 15.5. The molecule has 1 heterocycles. The Labute approximate surface area is 287 Å². The normalized spacial score (nSPS) is 11.7. The summed E-state index contributed by atoms with van der Waals surface area (Å²) in [6.45, 7) is 7.75. The van der Waals surface area contributed by atoms with E-state index in [1.165, 1.54) is 0 Å². The van der Waals surface area contributed by atoms with Crippen LogP contribution in [0.25, 0.3) is 0 Å². The first kappa shape index (κ1) is 40.0. The summed E-state index contributed by atoms with van der Waals surface area (Å²) in [5.41, 5.74) is 4.73. The standard InChI is InChI=1S/C34H44N4O9.ClH/c1-34(2,3)47-33(42)37-46-25-31(40)36-17-19-44-21-23-45-22-20-43-18-16-35-30(39)14-15-32(41)38-24-28-10-5-4-8-26(28)12-13-27-9-6-7-11-29(27)38;/h4-11H,14-25H2,1-3H3,(H,35,39)(H,36,40)(H,37,42);1H. The van der Waals surface area contributed by atoms with Gasteiger partial charge in [0.15, 0.2) is 6.61 Å². The van der Waals surface area contributed by atoms with Gasteiger partial charge in [-0.1, -0.05) is 42.2 Å². The third kappa shape index (κ3) is 15.6. The number of nitrogens with one attached hydrogen (secondary N) is 3. The number of hydrogen-bond acceptors (Lipinski definition) is 9. The van der Waals surface area contributed by atoms with Gasteiger partial charge in [0.1, 0.15) is 5.60 Å². The molecular formula is C34H45ClN4O9. The number of benzene rings is 2. The van der Waals surface area contributed by atoms with Crippen molar-refractivity contribution in [2.45, 2.75) is 45.8 Å². The summed E-state index contributed by atoms with van der Waals surface area (Å²) in [6, 6.07) is 15.3. The van der Waals surface area contributed by atoms with Gasteiger partial charge in [-0.05, 0) is 44.5 Å². The molecule has 2 aromatic carbocycles. The van der Waals surface area contributed by atoms with Crippen LogP contribution in [0.1, 0.15) is 50.3 Å². The van der Waals surface area contributed by atoms with Crippen LogP contribution in [0.15, 0.2) is 48.5 Å². The Hall–Kier alpha value is -4.19. The number of amides is 4. The van der Waals surface area contributed by atoms with Crippen molar-refractivity contribution in [1.82, 2.24) is 16.1 Å². The summed E-state index contributed by atoms with van der Waals surface area (Å²) < 4.78 is 21.3. The van der Waals surface area contributed by atoms with Gasteiger partial charge in [-0.3, -0.25) is 19.2 Å². The lowest BCUT2D eigenvalue weighted by atomic mass is 10.0. The summed E-state index contributed by atoms with van der Waals surface area (Å²) in [6.07, 6.45) is -0.641. The summed E-state index contributed by atoms with van der Waals surface area (Å²) in [4.78, 5) is 55.2. The van der Waals surface area contributed by atoms with Crippen LogP contribution in [0, 0.1) is 11.8 Å². The number of hydroxylamine groups is 1. The largest absolute Gasteiger partial charge is 0.442 e. The quantitative estimate of drug-likeness (QED) is 0.122. The van der Waals surface area contributed by atoms with E-state index in [1.54, 1.807) is 25.7 Å². The van der Waals surface area contributed by atoms with Gasteiger partial charge in [0.05, 0.1) is 51.9 Å². The van der Waals surface area contributed by atoms with Crippen LogP contribution >= 0.6 is 12.4 Å². The van der Waals surface area contributed by atoms with Crippen LogP contribution in [0.3, 0.4) is 0 Å². The van der Waals surface area contributed by atoms with Crippen molar-refractivity contribution in [2.24, 2.45) is 0 Å². The molecule has 0 saturated carbocycles. The molecule has 0 spiro atoms. The molecule has 48 heavy (non-hydrogen) atoms. The molecule has 0 aliphatic carbocycles. The first-order valence-corrected chi connectivity index (χ1v) is 15.5. The van der Waals surface area contributed by atoms with Crippen LogP contribution in [-0.4, -0.2) is 88.8 Å². The van der Waals surface area contributed by atoms with E-state index in [0.29, 0.717) is 46.1 Å². The average Bonchev–Trinajstić information content (AvgIpc) is 3.02. The lowest BCUT2D eigenvalue weighted by Gasteiger charge is -2.26. The Kier molecular flexibility index (Phi) is 18.0. The van der Waals surface area contributed by atoms with Crippen LogP contribution in [0.4, 0.5) is 10.5 Å². The van der Waals surface area contributed by atoms with Crippen molar-refractivity contribution in [3.8, 4) is 11.8 Å². The van der Waals surface area contributed by atoms with Gasteiger partial charge < -0.3 is 34.5 Å². The molecule has 0 aromatic heterocycles. The maximum atomic E-state index is 13.2. The minimum Gasteiger partial charge on any atom is -0.442 e. The molecule has 14 heteroatoms. The summed E-state index contributed by atoms with van der Waals surface area (Å²) >= 11 is 0. The highest BCUT2D eigenvalue weighted by molar-refractivity contribution is 5.96. The molecule has 0 saturated heterocycles. The van der Waals surface area contributed by atoms with Gasteiger partial charge in [0.2, 0.25) is 17.7 Å². The third-order valence-corrected chi connectivity index (χ3v) is 6.38. The van der Waals surface area contributed by atoms with Gasteiger partial charge in [-0.2, -0.15) is 5.48 Å². The summed E-state index contributed by atoms with van der Waals surface area (Å²) in [5, 5.41) is 5.37.